The van der Waals surface area contributed by atoms with E-state index in [1.165, 1.54) is 0 Å². The minimum atomic E-state index is -0.201. The predicted octanol–water partition coefficient (Wildman–Crippen LogP) is 2.90. The van der Waals surface area contributed by atoms with E-state index >= 15 is 0 Å². The Bertz CT molecular complexity index is 993. The molecular formula is C23H27N5O3. The third kappa shape index (κ3) is 4.79. The topological polar surface area (TPSA) is 85.0 Å². The summed E-state index contributed by atoms with van der Waals surface area (Å²) in [7, 11) is 0. The molecule has 162 valence electrons. The van der Waals surface area contributed by atoms with Gasteiger partial charge in [0.1, 0.15) is 0 Å². The normalized spacial score (nSPS) is 16.7. The van der Waals surface area contributed by atoms with Crippen LogP contribution in [0.15, 0.2) is 48.5 Å². The number of hydrogen-bond donors (Lipinski definition) is 2. The summed E-state index contributed by atoms with van der Waals surface area (Å²) < 4.78 is 0. The van der Waals surface area contributed by atoms with Crippen molar-refractivity contribution < 1.29 is 14.4 Å². The number of rotatable bonds is 3. The number of benzene rings is 2. The lowest BCUT2D eigenvalue weighted by molar-refractivity contribution is 0.0762. The predicted molar refractivity (Wildman–Crippen MR) is 119 cm³/mol. The molecule has 0 radical (unpaired) electrons. The van der Waals surface area contributed by atoms with Gasteiger partial charge in [0, 0.05) is 56.2 Å². The molecular weight excluding hydrogens is 394 g/mol. The Kier molecular flexibility index (Phi) is 6.06. The molecule has 0 bridgehead atoms. The van der Waals surface area contributed by atoms with Gasteiger partial charge in [0.15, 0.2) is 0 Å². The maximum absolute atomic E-state index is 12.8. The van der Waals surface area contributed by atoms with Gasteiger partial charge in [-0.2, -0.15) is 0 Å². The van der Waals surface area contributed by atoms with Gasteiger partial charge in [0.05, 0.1) is 0 Å². The van der Waals surface area contributed by atoms with Crippen LogP contribution < -0.4 is 15.5 Å². The molecule has 0 spiro atoms. The quantitative estimate of drug-likeness (QED) is 0.799. The maximum atomic E-state index is 12.8. The highest BCUT2D eigenvalue weighted by Gasteiger charge is 2.24. The third-order valence-electron chi connectivity index (χ3n) is 5.60. The van der Waals surface area contributed by atoms with E-state index in [9.17, 15) is 14.4 Å². The van der Waals surface area contributed by atoms with Crippen LogP contribution in [-0.2, 0) is 0 Å². The molecule has 2 aliphatic rings. The molecule has 31 heavy (non-hydrogen) atoms. The Hall–Kier alpha value is -3.55. The Morgan fingerprint density at radius 1 is 0.935 bits per heavy atom. The zero-order chi connectivity index (χ0) is 21.8. The molecule has 2 aromatic carbocycles. The second kappa shape index (κ2) is 9.07. The van der Waals surface area contributed by atoms with E-state index in [2.05, 4.69) is 10.6 Å². The molecule has 2 saturated heterocycles. The molecule has 2 fully saturated rings. The number of anilines is 2. The lowest BCUT2D eigenvalue weighted by atomic mass is 10.1. The summed E-state index contributed by atoms with van der Waals surface area (Å²) in [6, 6.07) is 14.5. The molecule has 0 aromatic heterocycles. The molecule has 0 aliphatic carbocycles. The maximum Gasteiger partial charge on any atom is 0.321 e. The first-order chi connectivity index (χ1) is 15.0. The summed E-state index contributed by atoms with van der Waals surface area (Å²) in [6.45, 7) is 5.35. The van der Waals surface area contributed by atoms with Crippen molar-refractivity contribution in [2.45, 2.75) is 13.3 Å². The first kappa shape index (κ1) is 20.7. The zero-order valence-corrected chi connectivity index (χ0v) is 17.6. The van der Waals surface area contributed by atoms with Crippen LogP contribution >= 0.6 is 0 Å². The number of carbonyl (C=O) groups excluding carboxylic acids is 3. The van der Waals surface area contributed by atoms with Crippen molar-refractivity contribution in [2.24, 2.45) is 0 Å². The Morgan fingerprint density at radius 2 is 1.71 bits per heavy atom. The van der Waals surface area contributed by atoms with E-state index in [1.54, 1.807) is 21.9 Å². The molecule has 4 rings (SSSR count). The van der Waals surface area contributed by atoms with Crippen molar-refractivity contribution in [1.29, 1.82) is 0 Å². The monoisotopic (exact) mass is 421 g/mol. The van der Waals surface area contributed by atoms with E-state index in [4.69, 9.17) is 0 Å². The number of nitrogens with one attached hydrogen (secondary N) is 2. The average Bonchev–Trinajstić information content (AvgIpc) is 3.04. The molecule has 0 saturated carbocycles. The standard InChI is InChI=1S/C23H27N5O3/c1-17-5-2-6-18(15-17)21(29)26-10-4-11-27(14-13-26)23(31)25-19-7-3-8-20(16-19)28-12-9-24-22(28)30/h2-3,5-8,15-16H,4,9-14H2,1H3,(H,24,30)(H,25,31). The summed E-state index contributed by atoms with van der Waals surface area (Å²) in [5.41, 5.74) is 3.12. The average molecular weight is 422 g/mol. The molecule has 5 amide bonds. The second-order valence-electron chi connectivity index (χ2n) is 7.87. The number of urea groups is 2. The van der Waals surface area contributed by atoms with Gasteiger partial charge < -0.3 is 20.4 Å². The van der Waals surface area contributed by atoms with Gasteiger partial charge in [0.2, 0.25) is 0 Å². The Morgan fingerprint density at radius 3 is 2.48 bits per heavy atom. The number of carbonyl (C=O) groups is 3. The highest BCUT2D eigenvalue weighted by Crippen LogP contribution is 2.21. The van der Waals surface area contributed by atoms with Crippen molar-refractivity contribution in [3.63, 3.8) is 0 Å². The Labute approximate surface area is 181 Å². The van der Waals surface area contributed by atoms with Gasteiger partial charge in [-0.3, -0.25) is 9.69 Å². The zero-order valence-electron chi connectivity index (χ0n) is 17.6. The number of hydrogen-bond acceptors (Lipinski definition) is 3. The highest BCUT2D eigenvalue weighted by atomic mass is 16.2. The van der Waals surface area contributed by atoms with Gasteiger partial charge in [-0.05, 0) is 43.7 Å². The van der Waals surface area contributed by atoms with Crippen LogP contribution in [0.2, 0.25) is 0 Å². The second-order valence-corrected chi connectivity index (χ2v) is 7.87. The van der Waals surface area contributed by atoms with Gasteiger partial charge in [-0.1, -0.05) is 23.8 Å². The first-order valence-corrected chi connectivity index (χ1v) is 10.6. The third-order valence-corrected chi connectivity index (χ3v) is 5.60. The molecule has 0 unspecified atom stereocenters. The SMILES string of the molecule is Cc1cccc(C(=O)N2CCCN(C(=O)Nc3cccc(N4CCNC4=O)c3)CC2)c1. The van der Waals surface area contributed by atoms with Crippen molar-refractivity contribution >= 4 is 29.3 Å². The van der Waals surface area contributed by atoms with Gasteiger partial charge in [-0.25, -0.2) is 9.59 Å². The lowest BCUT2D eigenvalue weighted by Crippen LogP contribution is -2.39. The van der Waals surface area contributed by atoms with E-state index in [-0.39, 0.29) is 18.0 Å². The molecule has 8 nitrogen and oxygen atoms in total. The summed E-state index contributed by atoms with van der Waals surface area (Å²) in [6.07, 6.45) is 0.721. The minimum Gasteiger partial charge on any atom is -0.337 e. The Balaban J connectivity index is 1.37. The van der Waals surface area contributed by atoms with Crippen molar-refractivity contribution in [1.82, 2.24) is 15.1 Å². The van der Waals surface area contributed by atoms with Crippen molar-refractivity contribution in [3.05, 3.63) is 59.7 Å². The van der Waals surface area contributed by atoms with Crippen molar-refractivity contribution in [2.75, 3.05) is 49.5 Å². The largest absolute Gasteiger partial charge is 0.337 e. The summed E-state index contributed by atoms with van der Waals surface area (Å²) in [4.78, 5) is 42.7. The number of nitrogens with zero attached hydrogens (tertiary/aromatic N) is 3. The molecule has 0 atom stereocenters. The molecule has 2 aliphatic heterocycles. The molecule has 2 N–H and O–H groups in total. The van der Waals surface area contributed by atoms with Crippen LogP contribution in [0.1, 0.15) is 22.3 Å². The smallest absolute Gasteiger partial charge is 0.321 e. The van der Waals surface area contributed by atoms with Gasteiger partial charge in [-0.15, -0.1) is 0 Å². The number of amides is 5. The number of aryl methyl sites for hydroxylation is 1. The molecule has 8 heteroatoms. The summed E-state index contributed by atoms with van der Waals surface area (Å²) in [5, 5.41) is 5.70. The van der Waals surface area contributed by atoms with Crippen LogP contribution in [0.3, 0.4) is 0 Å². The fourth-order valence-electron chi connectivity index (χ4n) is 3.96. The van der Waals surface area contributed by atoms with Crippen LogP contribution in [0.4, 0.5) is 21.0 Å². The molecule has 2 heterocycles. The summed E-state index contributed by atoms with van der Waals surface area (Å²) in [5.74, 6) is 0.00236. The van der Waals surface area contributed by atoms with Crippen LogP contribution in [0.25, 0.3) is 0 Å². The first-order valence-electron chi connectivity index (χ1n) is 10.6. The van der Waals surface area contributed by atoms with Crippen LogP contribution in [0.5, 0.6) is 0 Å². The van der Waals surface area contributed by atoms with Crippen LogP contribution in [-0.4, -0.2) is 67.0 Å². The minimum absolute atomic E-state index is 0.00236. The fourth-order valence-corrected chi connectivity index (χ4v) is 3.96. The van der Waals surface area contributed by atoms with Crippen LogP contribution in [0, 0.1) is 6.92 Å². The van der Waals surface area contributed by atoms with E-state index < -0.39 is 0 Å². The fraction of sp³-hybridized carbons (Fsp3) is 0.348. The van der Waals surface area contributed by atoms with E-state index in [0.29, 0.717) is 50.5 Å². The van der Waals surface area contributed by atoms with Gasteiger partial charge in [0.25, 0.3) is 5.91 Å². The van der Waals surface area contributed by atoms with Gasteiger partial charge >= 0.3 is 12.1 Å². The lowest BCUT2D eigenvalue weighted by Gasteiger charge is -2.23. The van der Waals surface area contributed by atoms with E-state index in [0.717, 1.165) is 17.7 Å². The van der Waals surface area contributed by atoms with Crippen molar-refractivity contribution in [3.8, 4) is 0 Å². The highest BCUT2D eigenvalue weighted by molar-refractivity contribution is 5.96. The van der Waals surface area contributed by atoms with E-state index in [1.807, 2.05) is 48.2 Å². The molecule has 2 aromatic rings. The summed E-state index contributed by atoms with van der Waals surface area (Å²) >= 11 is 0.